The van der Waals surface area contributed by atoms with Gasteiger partial charge in [-0.1, -0.05) is 0 Å². The summed E-state index contributed by atoms with van der Waals surface area (Å²) in [4.78, 5) is 42.0. The van der Waals surface area contributed by atoms with E-state index in [1.165, 1.54) is 22.1 Å². The summed E-state index contributed by atoms with van der Waals surface area (Å²) in [5.41, 5.74) is -0.736. The summed E-state index contributed by atoms with van der Waals surface area (Å²) < 4.78 is 1.45. The van der Waals surface area contributed by atoms with Crippen LogP contribution in [0.3, 0.4) is 0 Å². The molecular weight excluding hydrogens is 350 g/mol. The predicted molar refractivity (Wildman–Crippen MR) is 93.6 cm³/mol. The molecule has 5 fully saturated rings. The van der Waals surface area contributed by atoms with E-state index < -0.39 is 10.5 Å². The topological polar surface area (TPSA) is 110 Å². The first-order chi connectivity index (χ1) is 12.9. The molecule has 9 nitrogen and oxygen atoms in total. The van der Waals surface area contributed by atoms with Crippen molar-refractivity contribution in [1.82, 2.24) is 19.8 Å². The number of aromatic nitrogens is 2. The number of carbonyl (C=O) groups is 2. The lowest BCUT2D eigenvalue weighted by Crippen LogP contribution is -2.66. The molecule has 1 aromatic rings. The van der Waals surface area contributed by atoms with Gasteiger partial charge in [0, 0.05) is 6.92 Å². The molecule has 2 heterocycles. The van der Waals surface area contributed by atoms with E-state index in [0.29, 0.717) is 17.7 Å². The first kappa shape index (κ1) is 16.7. The van der Waals surface area contributed by atoms with Crippen molar-refractivity contribution in [3.05, 3.63) is 22.1 Å². The first-order valence-corrected chi connectivity index (χ1v) is 9.70. The molecule has 0 aromatic carbocycles. The lowest BCUT2D eigenvalue weighted by Gasteiger charge is -2.58. The zero-order valence-electron chi connectivity index (χ0n) is 15.3. The molecule has 1 N–H and O–H groups in total. The number of imide groups is 1. The zero-order valence-corrected chi connectivity index (χ0v) is 15.3. The number of aryl methyl sites for hydroxylation is 1. The molecule has 1 spiro atoms. The van der Waals surface area contributed by atoms with Crippen LogP contribution in [0.5, 0.6) is 0 Å². The highest BCUT2D eigenvalue weighted by Gasteiger charge is 2.66. The van der Waals surface area contributed by atoms with Crippen LogP contribution in [0.1, 0.15) is 37.9 Å². The van der Waals surface area contributed by atoms with Gasteiger partial charge in [0.25, 0.3) is 5.91 Å². The van der Waals surface area contributed by atoms with Gasteiger partial charge >= 0.3 is 11.8 Å². The van der Waals surface area contributed by atoms with Gasteiger partial charge in [0.1, 0.15) is 18.3 Å². The third-order valence-corrected chi connectivity index (χ3v) is 7.35. The number of hydrogen-bond acceptors (Lipinski definition) is 5. The lowest BCUT2D eigenvalue weighted by molar-refractivity contribution is -0.392. The van der Waals surface area contributed by atoms with Crippen LogP contribution in [0, 0.1) is 40.7 Å². The van der Waals surface area contributed by atoms with Crippen LogP contribution in [-0.2, 0) is 11.3 Å². The summed E-state index contributed by atoms with van der Waals surface area (Å²) in [5.74, 6) is 2.13. The number of nitrogens with one attached hydrogen (secondary N) is 1. The second-order valence-corrected chi connectivity index (χ2v) is 8.63. The molecule has 4 bridgehead atoms. The second-order valence-electron chi connectivity index (χ2n) is 8.63. The van der Waals surface area contributed by atoms with Crippen molar-refractivity contribution in [2.45, 2.75) is 51.1 Å². The molecule has 1 aliphatic heterocycles. The number of nitro groups is 1. The fourth-order valence-electron chi connectivity index (χ4n) is 6.38. The smallest absolute Gasteiger partial charge is 0.342 e. The van der Waals surface area contributed by atoms with Gasteiger partial charge in [0.05, 0.1) is 6.54 Å². The third kappa shape index (κ3) is 2.20. The lowest BCUT2D eigenvalue weighted by atomic mass is 9.48. The minimum Gasteiger partial charge on any atom is -0.358 e. The highest BCUT2D eigenvalue weighted by Crippen LogP contribution is 2.59. The minimum atomic E-state index is -0.736. The Bertz CT molecular complexity index is 819. The van der Waals surface area contributed by atoms with E-state index in [0.717, 1.165) is 25.7 Å². The van der Waals surface area contributed by atoms with Gasteiger partial charge in [-0.05, 0) is 60.7 Å². The monoisotopic (exact) mass is 373 g/mol. The summed E-state index contributed by atoms with van der Waals surface area (Å²) in [5, 5.41) is 14.2. The number of rotatable bonds is 4. The van der Waals surface area contributed by atoms with E-state index >= 15 is 0 Å². The van der Waals surface area contributed by atoms with E-state index in [1.54, 1.807) is 6.92 Å². The molecule has 1 aromatic heterocycles. The number of imidazole rings is 1. The predicted octanol–water partition coefficient (Wildman–Crippen LogP) is 1.85. The fourth-order valence-corrected chi connectivity index (χ4v) is 6.38. The van der Waals surface area contributed by atoms with Gasteiger partial charge in [-0.2, -0.15) is 0 Å². The molecule has 9 heteroatoms. The van der Waals surface area contributed by atoms with E-state index in [1.807, 2.05) is 0 Å². The molecule has 1 saturated heterocycles. The molecule has 3 amide bonds. The van der Waals surface area contributed by atoms with Gasteiger partial charge in [-0.25, -0.2) is 14.3 Å². The van der Waals surface area contributed by atoms with Crippen molar-refractivity contribution in [2.24, 2.45) is 23.7 Å². The quantitative estimate of drug-likeness (QED) is 0.492. The number of nitrogens with zero attached hydrogens (tertiary/aromatic N) is 4. The van der Waals surface area contributed by atoms with E-state index in [2.05, 4.69) is 10.3 Å². The van der Waals surface area contributed by atoms with Crippen molar-refractivity contribution in [3.63, 3.8) is 0 Å². The maximum Gasteiger partial charge on any atom is 0.342 e. The van der Waals surface area contributed by atoms with E-state index in [4.69, 9.17) is 0 Å². The highest BCUT2D eigenvalue weighted by atomic mass is 16.6. The van der Waals surface area contributed by atoms with Crippen molar-refractivity contribution in [2.75, 3.05) is 6.54 Å². The van der Waals surface area contributed by atoms with Crippen LogP contribution >= 0.6 is 0 Å². The average Bonchev–Trinajstić information content (AvgIpc) is 3.09. The molecule has 4 saturated carbocycles. The summed E-state index contributed by atoms with van der Waals surface area (Å²) in [6.45, 7) is 1.98. The van der Waals surface area contributed by atoms with Crippen LogP contribution in [0.2, 0.25) is 0 Å². The van der Waals surface area contributed by atoms with Crippen LogP contribution in [0.4, 0.5) is 10.6 Å². The van der Waals surface area contributed by atoms with Crippen molar-refractivity contribution < 1.29 is 14.5 Å². The molecule has 27 heavy (non-hydrogen) atoms. The Hall–Kier alpha value is -2.45. The Labute approximate surface area is 156 Å². The molecule has 0 radical (unpaired) electrons. The number of hydrogen-bond donors (Lipinski definition) is 1. The zero-order chi connectivity index (χ0) is 18.9. The SMILES string of the molecule is Cc1ncc([N+](=O)[O-])n1CCN1C(=O)NC2(C1=O)C1CC3CC(C1)CC2C3. The van der Waals surface area contributed by atoms with E-state index in [-0.39, 0.29) is 42.7 Å². The van der Waals surface area contributed by atoms with Gasteiger partial charge < -0.3 is 15.4 Å². The Balaban J connectivity index is 1.38. The summed E-state index contributed by atoms with van der Waals surface area (Å²) in [7, 11) is 0. The average molecular weight is 373 g/mol. The van der Waals surface area contributed by atoms with Crippen LogP contribution in [0.15, 0.2) is 6.20 Å². The van der Waals surface area contributed by atoms with Crippen molar-refractivity contribution in [3.8, 4) is 0 Å². The molecule has 144 valence electrons. The van der Waals surface area contributed by atoms with Gasteiger partial charge in [-0.3, -0.25) is 9.69 Å². The molecular formula is C18H23N5O4. The Kier molecular flexibility index (Phi) is 3.42. The Morgan fingerprint density at radius 2 is 1.81 bits per heavy atom. The fraction of sp³-hybridized carbons (Fsp3) is 0.722. The van der Waals surface area contributed by atoms with Crippen molar-refractivity contribution >= 4 is 17.8 Å². The maximum absolute atomic E-state index is 13.4. The second kappa shape index (κ2) is 5.53. The molecule has 0 atom stereocenters. The third-order valence-electron chi connectivity index (χ3n) is 7.35. The summed E-state index contributed by atoms with van der Waals surface area (Å²) >= 11 is 0. The standard InChI is InChI=1S/C18H23N5O4/c1-10-19-9-15(23(26)27)21(10)2-3-22-16(24)18(20-17(22)25)13-5-11-4-12(7-13)8-14(18)6-11/h9,11-14H,2-8H2,1H3,(H,20,25). The van der Waals surface area contributed by atoms with Crippen molar-refractivity contribution in [1.29, 1.82) is 0 Å². The van der Waals surface area contributed by atoms with Gasteiger partial charge in [-0.15, -0.1) is 0 Å². The number of urea groups is 1. The molecule has 6 rings (SSSR count). The highest BCUT2D eigenvalue weighted by molar-refractivity contribution is 6.07. The summed E-state index contributed by atoms with van der Waals surface area (Å²) in [6, 6.07) is -0.354. The molecule has 0 unspecified atom stereocenters. The number of amides is 3. The van der Waals surface area contributed by atoms with Crippen LogP contribution < -0.4 is 5.32 Å². The first-order valence-electron chi connectivity index (χ1n) is 9.70. The number of carbonyl (C=O) groups excluding carboxylic acids is 2. The molecule has 5 aliphatic rings. The molecule has 4 aliphatic carbocycles. The van der Waals surface area contributed by atoms with Crippen LogP contribution in [0.25, 0.3) is 0 Å². The Morgan fingerprint density at radius 3 is 2.41 bits per heavy atom. The summed E-state index contributed by atoms with van der Waals surface area (Å²) in [6.07, 6.45) is 6.59. The van der Waals surface area contributed by atoms with Crippen LogP contribution in [-0.4, -0.2) is 43.4 Å². The normalized spacial score (nSPS) is 36.7. The van der Waals surface area contributed by atoms with Gasteiger partial charge in [0.15, 0.2) is 5.82 Å². The maximum atomic E-state index is 13.4. The Morgan fingerprint density at radius 1 is 1.19 bits per heavy atom. The minimum absolute atomic E-state index is 0.121. The largest absolute Gasteiger partial charge is 0.358 e. The van der Waals surface area contributed by atoms with Gasteiger partial charge in [0.2, 0.25) is 0 Å². The van der Waals surface area contributed by atoms with E-state index in [9.17, 15) is 19.7 Å².